The average Bonchev–Trinajstić information content (AvgIpc) is 0. The summed E-state index contributed by atoms with van der Waals surface area (Å²) in [6, 6.07) is 0. The molecule has 0 amide bonds. The van der Waals surface area contributed by atoms with Crippen molar-refractivity contribution in [2.24, 2.45) is 0 Å². The maximum atomic E-state index is 0. The number of hydrogen-bond donors (Lipinski definition) is 0. The van der Waals surface area contributed by atoms with E-state index in [0.717, 1.165) is 0 Å². The van der Waals surface area contributed by atoms with Crippen LogP contribution in [0.4, 0.5) is 0 Å². The summed E-state index contributed by atoms with van der Waals surface area (Å²) in [6.45, 7) is 0. The minimum Gasteiger partial charge on any atom is 0 e. The maximum absolute atomic E-state index is 0. The van der Waals surface area contributed by atoms with E-state index < -0.39 is 0 Å². The van der Waals surface area contributed by atoms with E-state index in [-0.39, 0.29) is 83.9 Å². The first kappa shape index (κ1) is 30.0. The fourth-order valence-electron chi connectivity index (χ4n) is 0. The fraction of sp³-hybridized carbons (Fsp3) is 0. The monoisotopic (exact) mass is 344 g/mol. The molecule has 0 aromatic rings. The van der Waals surface area contributed by atoms with Crippen LogP contribution in [0, 0.1) is 0 Å². The molecule has 0 aliphatic carbocycles. The van der Waals surface area contributed by atoms with Gasteiger partial charge in [0.2, 0.25) is 0 Å². The minimum absolute atomic E-state index is 0. The first-order chi connectivity index (χ1) is 0. The molecule has 0 nitrogen and oxygen atoms in total. The Labute approximate surface area is 82.6 Å². The van der Waals surface area contributed by atoms with Crippen molar-refractivity contribution < 1.29 is 46.8 Å². The number of hydrogen-bond acceptors (Lipinski definition) is 0. The van der Waals surface area contributed by atoms with Crippen LogP contribution in [0.25, 0.3) is 0 Å². The SMILES string of the molecule is S.[Cd].[TeH2].[Zn]. The third kappa shape index (κ3) is 8.82. The quantitative estimate of drug-likeness (QED) is 0.506. The van der Waals surface area contributed by atoms with Crippen LogP contribution in [0.2, 0.25) is 0 Å². The van der Waals surface area contributed by atoms with Crippen LogP contribution in [0.15, 0.2) is 0 Å². The summed E-state index contributed by atoms with van der Waals surface area (Å²) in [7, 11) is 0. The van der Waals surface area contributed by atoms with Crippen LogP contribution in [0.3, 0.4) is 0 Å². The Morgan fingerprint density at radius 3 is 1.00 bits per heavy atom. The van der Waals surface area contributed by atoms with E-state index in [9.17, 15) is 0 Å². The van der Waals surface area contributed by atoms with E-state index in [4.69, 9.17) is 0 Å². The van der Waals surface area contributed by atoms with E-state index in [0.29, 0.717) is 0 Å². The normalized spacial score (nSPS) is 0. The molecule has 20 valence electrons. The van der Waals surface area contributed by atoms with Crippen molar-refractivity contribution >= 4 is 37.2 Å². The van der Waals surface area contributed by atoms with Crippen molar-refractivity contribution in [3.63, 3.8) is 0 Å². The topological polar surface area (TPSA) is 0 Å². The molecule has 0 aromatic carbocycles. The second-order valence-electron chi connectivity index (χ2n) is 0. The van der Waals surface area contributed by atoms with Crippen LogP contribution in [0.5, 0.6) is 0 Å². The fourth-order valence-corrected chi connectivity index (χ4v) is 0. The van der Waals surface area contributed by atoms with E-state index in [1.165, 1.54) is 0 Å². The smallest absolute Gasteiger partial charge is 0 e. The van der Waals surface area contributed by atoms with Gasteiger partial charge in [0.25, 0.3) is 0 Å². The molecule has 0 bridgehead atoms. The van der Waals surface area contributed by atoms with E-state index >= 15 is 0 Å². The van der Waals surface area contributed by atoms with E-state index in [1.54, 1.807) is 0 Å². The molecule has 0 radical (unpaired) electrons. The zero-order valence-corrected chi connectivity index (χ0v) is 13.3. The summed E-state index contributed by atoms with van der Waals surface area (Å²) in [6.07, 6.45) is 0. The first-order valence-electron chi connectivity index (χ1n) is 0. The molecule has 0 heterocycles. The maximum Gasteiger partial charge on any atom is 0 e. The van der Waals surface area contributed by atoms with E-state index in [2.05, 4.69) is 0 Å². The van der Waals surface area contributed by atoms with Crippen molar-refractivity contribution in [2.75, 3.05) is 0 Å². The zero-order valence-electron chi connectivity index (χ0n) is 2.41. The Bertz CT molecular complexity index is 8.00. The van der Waals surface area contributed by atoms with Gasteiger partial charge < -0.3 is 0 Å². The van der Waals surface area contributed by atoms with Crippen LogP contribution in [-0.2, 0) is 46.8 Å². The van der Waals surface area contributed by atoms with Crippen LogP contribution in [0.1, 0.15) is 0 Å². The molecule has 0 spiro atoms. The predicted molar refractivity (Wildman–Crippen MR) is 18.9 cm³/mol. The van der Waals surface area contributed by atoms with Crippen LogP contribution >= 0.6 is 13.5 Å². The van der Waals surface area contributed by atoms with Gasteiger partial charge in [-0.2, -0.15) is 13.5 Å². The van der Waals surface area contributed by atoms with Gasteiger partial charge in [-0.1, -0.05) is 0 Å². The van der Waals surface area contributed by atoms with Gasteiger partial charge in [0.05, 0.1) is 0 Å². The summed E-state index contributed by atoms with van der Waals surface area (Å²) in [5.41, 5.74) is 0. The molecule has 0 aliphatic heterocycles. The zero-order chi connectivity index (χ0) is 0. The van der Waals surface area contributed by atoms with Crippen LogP contribution < -0.4 is 0 Å². The summed E-state index contributed by atoms with van der Waals surface area (Å²) < 4.78 is 0. The molecule has 0 saturated carbocycles. The van der Waals surface area contributed by atoms with Gasteiger partial charge >= 0.3 is 23.7 Å². The van der Waals surface area contributed by atoms with Gasteiger partial charge in [0.1, 0.15) is 0 Å². The largest absolute Gasteiger partial charge is 0 e. The molecule has 0 saturated heterocycles. The Morgan fingerprint density at radius 1 is 1.00 bits per heavy atom. The molecular formula is H4CdSTeZn. The van der Waals surface area contributed by atoms with Crippen molar-refractivity contribution in [3.8, 4) is 0 Å². The van der Waals surface area contributed by atoms with Crippen molar-refractivity contribution in [1.29, 1.82) is 0 Å². The second kappa shape index (κ2) is 17.3. The van der Waals surface area contributed by atoms with Gasteiger partial charge in [0.15, 0.2) is 0 Å². The number of rotatable bonds is 0. The summed E-state index contributed by atoms with van der Waals surface area (Å²) >= 11 is 0. The first-order valence-corrected chi connectivity index (χ1v) is 0. The van der Waals surface area contributed by atoms with E-state index in [1.807, 2.05) is 0 Å². The molecule has 0 fully saturated rings. The molecule has 4 heteroatoms. The third-order valence-electron chi connectivity index (χ3n) is 0. The Morgan fingerprint density at radius 2 is 1.00 bits per heavy atom. The molecule has 4 heavy (non-hydrogen) atoms. The van der Waals surface area contributed by atoms with Crippen molar-refractivity contribution in [1.82, 2.24) is 0 Å². The standard InChI is InChI=1S/Cd.H2S.H2Te.Zn/h;2*1H2;. The van der Waals surface area contributed by atoms with Gasteiger partial charge in [-0.25, -0.2) is 0 Å². The molecule has 0 atom stereocenters. The molecule has 0 N–H and O–H groups in total. The van der Waals surface area contributed by atoms with Gasteiger partial charge in [0, 0.05) is 46.8 Å². The van der Waals surface area contributed by atoms with Crippen molar-refractivity contribution in [2.45, 2.75) is 0 Å². The Balaban J connectivity index is 0. The molecule has 0 aromatic heterocycles. The van der Waals surface area contributed by atoms with Crippen molar-refractivity contribution in [3.05, 3.63) is 0 Å². The molecular weight excluding hydrogens is 337 g/mol. The minimum atomic E-state index is 0. The average molecular weight is 342 g/mol. The summed E-state index contributed by atoms with van der Waals surface area (Å²) in [4.78, 5) is 0. The van der Waals surface area contributed by atoms with Gasteiger partial charge in [-0.15, -0.1) is 0 Å². The third-order valence-corrected chi connectivity index (χ3v) is 0. The molecule has 0 aliphatic rings. The summed E-state index contributed by atoms with van der Waals surface area (Å²) in [5.74, 6) is 0. The molecule has 0 unspecified atom stereocenters. The Kier molecular flexibility index (Phi) is 130. The van der Waals surface area contributed by atoms with Gasteiger partial charge in [-0.05, 0) is 0 Å². The Hall–Kier alpha value is 2.69. The molecule has 0 rings (SSSR count). The van der Waals surface area contributed by atoms with Crippen LogP contribution in [-0.4, -0.2) is 23.7 Å². The van der Waals surface area contributed by atoms with Gasteiger partial charge in [-0.3, -0.25) is 0 Å². The summed E-state index contributed by atoms with van der Waals surface area (Å²) in [5, 5.41) is 0. The predicted octanol–water partition coefficient (Wildman–Crippen LogP) is -0.808. The second-order valence-corrected chi connectivity index (χ2v) is 0.